The molecule has 0 amide bonds. The van der Waals surface area contributed by atoms with E-state index in [1.54, 1.807) is 12.1 Å². The van der Waals surface area contributed by atoms with Crippen molar-refractivity contribution >= 4 is 17.4 Å². The molecule has 0 atom stereocenters. The number of rotatable bonds is 2. The van der Waals surface area contributed by atoms with Crippen molar-refractivity contribution in [3.05, 3.63) is 34.3 Å². The van der Waals surface area contributed by atoms with Crippen molar-refractivity contribution in [3.63, 3.8) is 0 Å². The Hall–Kier alpha value is -1.84. The number of aromatic nitrogens is 1. The van der Waals surface area contributed by atoms with Gasteiger partial charge in [0.15, 0.2) is 5.58 Å². The van der Waals surface area contributed by atoms with Crippen molar-refractivity contribution in [2.75, 3.05) is 0 Å². The first-order valence-corrected chi connectivity index (χ1v) is 4.26. The van der Waals surface area contributed by atoms with Gasteiger partial charge in [0.25, 0.3) is 0 Å². The molecule has 0 spiro atoms. The second-order valence-electron chi connectivity index (χ2n) is 3.12. The Kier molecular flexibility index (Phi) is 1.96. The number of carbonyl (C=O) groups is 1. The van der Waals surface area contributed by atoms with Gasteiger partial charge in [-0.25, -0.2) is 4.79 Å². The molecular weight excluding hydrogens is 182 g/mol. The lowest BCUT2D eigenvalue weighted by molar-refractivity contribution is -0.108. The molecule has 1 aromatic carbocycles. The van der Waals surface area contributed by atoms with E-state index in [2.05, 4.69) is 0 Å². The molecule has 1 heterocycles. The Morgan fingerprint density at radius 1 is 1.50 bits per heavy atom. The second-order valence-corrected chi connectivity index (χ2v) is 3.12. The zero-order chi connectivity index (χ0) is 10.1. The van der Waals surface area contributed by atoms with E-state index in [1.807, 2.05) is 13.0 Å². The Morgan fingerprint density at radius 2 is 2.29 bits per heavy atom. The number of fused-ring (bicyclic) bond motifs is 1. The number of oxazole rings is 1. The van der Waals surface area contributed by atoms with Gasteiger partial charge in [0.2, 0.25) is 0 Å². The van der Waals surface area contributed by atoms with E-state index in [1.165, 1.54) is 4.57 Å². The van der Waals surface area contributed by atoms with Crippen molar-refractivity contribution in [3.8, 4) is 0 Å². The van der Waals surface area contributed by atoms with Crippen LogP contribution in [0.25, 0.3) is 11.1 Å². The predicted molar refractivity (Wildman–Crippen MR) is 51.3 cm³/mol. The van der Waals surface area contributed by atoms with Crippen LogP contribution in [0.5, 0.6) is 0 Å². The molecule has 0 aliphatic rings. The van der Waals surface area contributed by atoms with Crippen molar-refractivity contribution in [1.29, 1.82) is 0 Å². The molecule has 4 heteroatoms. The van der Waals surface area contributed by atoms with Crippen LogP contribution in [0.3, 0.4) is 0 Å². The minimum absolute atomic E-state index is 0.0366. The lowest BCUT2D eigenvalue weighted by Crippen LogP contribution is -2.14. The van der Waals surface area contributed by atoms with E-state index < -0.39 is 5.76 Å². The number of aryl methyl sites for hydroxylation is 1. The Morgan fingerprint density at radius 3 is 3.00 bits per heavy atom. The van der Waals surface area contributed by atoms with Crippen LogP contribution in [0.1, 0.15) is 5.56 Å². The number of aldehydes is 1. The first kappa shape index (κ1) is 8.74. The highest BCUT2D eigenvalue weighted by molar-refractivity contribution is 5.74. The SMILES string of the molecule is Cc1ccc2c(c1)oc(=O)n2CC=O. The first-order chi connectivity index (χ1) is 6.72. The maximum absolute atomic E-state index is 11.3. The average molecular weight is 191 g/mol. The zero-order valence-electron chi connectivity index (χ0n) is 7.69. The highest BCUT2D eigenvalue weighted by Crippen LogP contribution is 2.13. The molecule has 1 aromatic heterocycles. The summed E-state index contributed by atoms with van der Waals surface area (Å²) >= 11 is 0. The number of hydrogen-bond donors (Lipinski definition) is 0. The molecule has 0 saturated heterocycles. The fraction of sp³-hybridized carbons (Fsp3) is 0.200. The van der Waals surface area contributed by atoms with Crippen molar-refractivity contribution in [2.45, 2.75) is 13.5 Å². The van der Waals surface area contributed by atoms with Crippen LogP contribution >= 0.6 is 0 Å². The molecule has 0 unspecified atom stereocenters. The molecule has 0 radical (unpaired) electrons. The van der Waals surface area contributed by atoms with Gasteiger partial charge in [-0.15, -0.1) is 0 Å². The quantitative estimate of drug-likeness (QED) is 0.668. The van der Waals surface area contributed by atoms with E-state index >= 15 is 0 Å². The van der Waals surface area contributed by atoms with Crippen LogP contribution in [0, 0.1) is 6.92 Å². The predicted octanol–water partition coefficient (Wildman–Crippen LogP) is 1.10. The van der Waals surface area contributed by atoms with Crippen LogP contribution in [-0.2, 0) is 11.3 Å². The monoisotopic (exact) mass is 191 g/mol. The minimum Gasteiger partial charge on any atom is -0.408 e. The molecule has 0 aliphatic carbocycles. The van der Waals surface area contributed by atoms with Gasteiger partial charge >= 0.3 is 5.76 Å². The van der Waals surface area contributed by atoms with Gasteiger partial charge in [-0.1, -0.05) is 6.07 Å². The summed E-state index contributed by atoms with van der Waals surface area (Å²) in [6.07, 6.45) is 0.677. The lowest BCUT2D eigenvalue weighted by Gasteiger charge is -1.94. The number of hydrogen-bond acceptors (Lipinski definition) is 3. The van der Waals surface area contributed by atoms with Gasteiger partial charge in [-0.2, -0.15) is 0 Å². The summed E-state index contributed by atoms with van der Waals surface area (Å²) in [5.41, 5.74) is 2.20. The largest absolute Gasteiger partial charge is 0.420 e. The molecule has 0 saturated carbocycles. The molecule has 0 N–H and O–H groups in total. The third-order valence-electron chi connectivity index (χ3n) is 2.08. The van der Waals surface area contributed by atoms with Gasteiger partial charge in [0.05, 0.1) is 12.1 Å². The van der Waals surface area contributed by atoms with E-state index in [-0.39, 0.29) is 6.54 Å². The highest BCUT2D eigenvalue weighted by Gasteiger charge is 2.07. The third-order valence-corrected chi connectivity index (χ3v) is 2.08. The number of carbonyl (C=O) groups excluding carboxylic acids is 1. The van der Waals surface area contributed by atoms with Crippen LogP contribution < -0.4 is 5.76 Å². The minimum atomic E-state index is -0.488. The molecule has 0 fully saturated rings. The molecule has 0 aliphatic heterocycles. The Balaban J connectivity index is 2.76. The standard InChI is InChI=1S/C10H9NO3/c1-7-2-3-8-9(6-7)14-10(13)11(8)4-5-12/h2-3,5-6H,4H2,1H3. The van der Waals surface area contributed by atoms with Crippen molar-refractivity contribution < 1.29 is 9.21 Å². The third kappa shape index (κ3) is 1.25. The second kappa shape index (κ2) is 3.14. The fourth-order valence-corrected chi connectivity index (χ4v) is 1.42. The average Bonchev–Trinajstić information content (AvgIpc) is 2.43. The van der Waals surface area contributed by atoms with E-state index in [4.69, 9.17) is 4.42 Å². The summed E-state index contributed by atoms with van der Waals surface area (Å²) in [7, 11) is 0. The maximum Gasteiger partial charge on any atom is 0.420 e. The van der Waals surface area contributed by atoms with Crippen molar-refractivity contribution in [2.24, 2.45) is 0 Å². The van der Waals surface area contributed by atoms with E-state index in [9.17, 15) is 9.59 Å². The molecule has 14 heavy (non-hydrogen) atoms. The smallest absolute Gasteiger partial charge is 0.408 e. The van der Waals surface area contributed by atoms with Gasteiger partial charge < -0.3 is 9.21 Å². The van der Waals surface area contributed by atoms with Crippen LogP contribution in [0.2, 0.25) is 0 Å². The maximum atomic E-state index is 11.3. The lowest BCUT2D eigenvalue weighted by atomic mass is 10.2. The highest BCUT2D eigenvalue weighted by atomic mass is 16.4. The number of nitrogens with zero attached hydrogens (tertiary/aromatic N) is 1. The summed E-state index contributed by atoms with van der Waals surface area (Å²) in [5, 5.41) is 0. The van der Waals surface area contributed by atoms with Crippen LogP contribution in [-0.4, -0.2) is 10.9 Å². The van der Waals surface area contributed by atoms with Gasteiger partial charge in [-0.05, 0) is 24.6 Å². The topological polar surface area (TPSA) is 52.2 Å². The van der Waals surface area contributed by atoms with Crippen molar-refractivity contribution in [1.82, 2.24) is 4.57 Å². The first-order valence-electron chi connectivity index (χ1n) is 4.26. The Labute approximate surface area is 79.8 Å². The number of benzene rings is 1. The summed E-state index contributed by atoms with van der Waals surface area (Å²) < 4.78 is 6.29. The molecule has 2 aromatic rings. The Bertz CT molecular complexity index is 536. The molecule has 2 rings (SSSR count). The summed E-state index contributed by atoms with van der Waals surface area (Å²) in [6, 6.07) is 5.43. The molecule has 0 bridgehead atoms. The van der Waals surface area contributed by atoms with Gasteiger partial charge in [0, 0.05) is 0 Å². The van der Waals surface area contributed by atoms with E-state index in [0.29, 0.717) is 17.4 Å². The summed E-state index contributed by atoms with van der Waals surface area (Å²) in [4.78, 5) is 21.6. The van der Waals surface area contributed by atoms with Gasteiger partial charge in [-0.3, -0.25) is 4.57 Å². The summed E-state index contributed by atoms with van der Waals surface area (Å²) in [6.45, 7) is 1.95. The van der Waals surface area contributed by atoms with Gasteiger partial charge in [0.1, 0.15) is 6.29 Å². The summed E-state index contributed by atoms with van der Waals surface area (Å²) in [5.74, 6) is -0.488. The molecular formula is C10H9NO3. The van der Waals surface area contributed by atoms with E-state index in [0.717, 1.165) is 5.56 Å². The van der Waals surface area contributed by atoms with Crippen LogP contribution in [0.15, 0.2) is 27.4 Å². The molecule has 4 nitrogen and oxygen atoms in total. The fourth-order valence-electron chi connectivity index (χ4n) is 1.42. The van der Waals surface area contributed by atoms with Crippen LogP contribution in [0.4, 0.5) is 0 Å². The molecule has 72 valence electrons. The zero-order valence-corrected chi connectivity index (χ0v) is 7.69. The normalized spacial score (nSPS) is 10.6.